The van der Waals surface area contributed by atoms with Gasteiger partial charge in [-0.15, -0.1) is 0 Å². The van der Waals surface area contributed by atoms with E-state index >= 15 is 0 Å². The number of piperazine rings is 1. The number of anilines is 1. The molecular weight excluding hydrogens is 258 g/mol. The molecule has 0 saturated carbocycles. The summed E-state index contributed by atoms with van der Waals surface area (Å²) in [7, 11) is 3.85. The van der Waals surface area contributed by atoms with E-state index in [1.807, 2.05) is 31.1 Å². The second-order valence-corrected chi connectivity index (χ2v) is 5.00. The fourth-order valence-corrected chi connectivity index (χ4v) is 2.24. The van der Waals surface area contributed by atoms with Crippen molar-refractivity contribution in [2.75, 3.05) is 38.6 Å². The van der Waals surface area contributed by atoms with Gasteiger partial charge in [-0.3, -0.25) is 4.79 Å². The van der Waals surface area contributed by atoms with Crippen LogP contribution in [0, 0.1) is 0 Å². The molecule has 1 aliphatic rings. The van der Waals surface area contributed by atoms with E-state index < -0.39 is 12.0 Å². The summed E-state index contributed by atoms with van der Waals surface area (Å²) in [6.07, 6.45) is 0. The third kappa shape index (κ3) is 2.91. The van der Waals surface area contributed by atoms with Gasteiger partial charge in [-0.25, -0.2) is 4.79 Å². The molecule has 0 bridgehead atoms. The molecule has 108 valence electrons. The van der Waals surface area contributed by atoms with Crippen LogP contribution in [-0.4, -0.2) is 61.7 Å². The van der Waals surface area contributed by atoms with Crippen molar-refractivity contribution >= 4 is 17.6 Å². The van der Waals surface area contributed by atoms with E-state index in [2.05, 4.69) is 5.32 Å². The van der Waals surface area contributed by atoms with Crippen LogP contribution in [0.1, 0.15) is 10.4 Å². The van der Waals surface area contributed by atoms with Crippen LogP contribution in [0.4, 0.5) is 5.69 Å². The van der Waals surface area contributed by atoms with Crippen LogP contribution in [-0.2, 0) is 4.79 Å². The van der Waals surface area contributed by atoms with Crippen molar-refractivity contribution in [1.82, 2.24) is 10.2 Å². The van der Waals surface area contributed by atoms with Crippen molar-refractivity contribution in [1.29, 1.82) is 0 Å². The van der Waals surface area contributed by atoms with Crippen LogP contribution < -0.4 is 10.2 Å². The van der Waals surface area contributed by atoms with Gasteiger partial charge in [0.15, 0.2) is 0 Å². The van der Waals surface area contributed by atoms with Crippen molar-refractivity contribution in [2.45, 2.75) is 6.04 Å². The highest BCUT2D eigenvalue weighted by atomic mass is 16.4. The first-order valence-corrected chi connectivity index (χ1v) is 6.52. The van der Waals surface area contributed by atoms with Gasteiger partial charge in [0, 0.05) is 45.0 Å². The zero-order valence-corrected chi connectivity index (χ0v) is 11.7. The number of carbonyl (C=O) groups excluding carboxylic acids is 1. The molecule has 20 heavy (non-hydrogen) atoms. The molecule has 6 nitrogen and oxygen atoms in total. The summed E-state index contributed by atoms with van der Waals surface area (Å²) in [4.78, 5) is 27.0. The van der Waals surface area contributed by atoms with E-state index in [9.17, 15) is 14.7 Å². The molecule has 2 rings (SSSR count). The lowest BCUT2D eigenvalue weighted by atomic mass is 10.1. The predicted molar refractivity (Wildman–Crippen MR) is 76.1 cm³/mol. The van der Waals surface area contributed by atoms with Crippen molar-refractivity contribution in [3.05, 3.63) is 29.8 Å². The highest BCUT2D eigenvalue weighted by Gasteiger charge is 2.32. The van der Waals surface area contributed by atoms with Crippen LogP contribution in [0.3, 0.4) is 0 Å². The Hall–Kier alpha value is -2.08. The van der Waals surface area contributed by atoms with Crippen LogP contribution in [0.25, 0.3) is 0 Å². The minimum Gasteiger partial charge on any atom is -0.480 e. The molecule has 0 aliphatic carbocycles. The topological polar surface area (TPSA) is 72.9 Å². The quantitative estimate of drug-likeness (QED) is 0.828. The SMILES string of the molecule is CN(C)c1ccc(C(=O)N2CCNCC2C(=O)O)cc1. The van der Waals surface area contributed by atoms with Crippen LogP contribution in [0.15, 0.2) is 24.3 Å². The molecular formula is C14H19N3O3. The first-order chi connectivity index (χ1) is 9.50. The molecule has 0 radical (unpaired) electrons. The zero-order valence-electron chi connectivity index (χ0n) is 11.7. The van der Waals surface area contributed by atoms with Gasteiger partial charge >= 0.3 is 5.97 Å². The average Bonchev–Trinajstić information content (AvgIpc) is 2.46. The maximum absolute atomic E-state index is 12.4. The van der Waals surface area contributed by atoms with Crippen molar-refractivity contribution in [3.63, 3.8) is 0 Å². The molecule has 1 heterocycles. The lowest BCUT2D eigenvalue weighted by Crippen LogP contribution is -2.56. The van der Waals surface area contributed by atoms with E-state index in [0.717, 1.165) is 5.69 Å². The number of amides is 1. The summed E-state index contributed by atoms with van der Waals surface area (Å²) in [5, 5.41) is 12.2. The number of carboxylic acid groups (broad SMARTS) is 1. The van der Waals surface area contributed by atoms with Gasteiger partial charge in [0.25, 0.3) is 5.91 Å². The Balaban J connectivity index is 2.18. The Morgan fingerprint density at radius 3 is 2.50 bits per heavy atom. The Morgan fingerprint density at radius 1 is 1.30 bits per heavy atom. The molecule has 1 amide bonds. The number of carbonyl (C=O) groups is 2. The second kappa shape index (κ2) is 5.92. The Morgan fingerprint density at radius 2 is 1.95 bits per heavy atom. The fourth-order valence-electron chi connectivity index (χ4n) is 2.24. The number of hydrogen-bond acceptors (Lipinski definition) is 4. The molecule has 1 fully saturated rings. The van der Waals surface area contributed by atoms with E-state index in [-0.39, 0.29) is 12.5 Å². The predicted octanol–water partition coefficient (Wildman–Crippen LogP) is 0.251. The Labute approximate surface area is 118 Å². The van der Waals surface area contributed by atoms with E-state index in [4.69, 9.17) is 0 Å². The highest BCUT2D eigenvalue weighted by Crippen LogP contribution is 2.15. The minimum absolute atomic E-state index is 0.232. The third-order valence-electron chi connectivity index (χ3n) is 3.42. The van der Waals surface area contributed by atoms with Gasteiger partial charge in [-0.05, 0) is 24.3 Å². The average molecular weight is 277 g/mol. The number of rotatable bonds is 3. The van der Waals surface area contributed by atoms with Gasteiger partial charge in [0.05, 0.1) is 0 Å². The number of carboxylic acids is 1. The van der Waals surface area contributed by atoms with Gasteiger partial charge in [0.2, 0.25) is 0 Å². The molecule has 1 atom stereocenters. The minimum atomic E-state index is -0.976. The number of nitrogens with one attached hydrogen (secondary N) is 1. The maximum Gasteiger partial charge on any atom is 0.327 e. The first kappa shape index (κ1) is 14.3. The van der Waals surface area contributed by atoms with Gasteiger partial charge in [-0.1, -0.05) is 0 Å². The van der Waals surface area contributed by atoms with Crippen molar-refractivity contribution in [3.8, 4) is 0 Å². The molecule has 1 aliphatic heterocycles. The Kier molecular flexibility index (Phi) is 4.24. The molecule has 2 N–H and O–H groups in total. The molecule has 1 aromatic carbocycles. The zero-order chi connectivity index (χ0) is 14.7. The van der Waals surface area contributed by atoms with Crippen LogP contribution in [0.5, 0.6) is 0 Å². The first-order valence-electron chi connectivity index (χ1n) is 6.52. The Bertz CT molecular complexity index is 499. The number of aliphatic carboxylic acids is 1. The number of nitrogens with zero attached hydrogens (tertiary/aromatic N) is 2. The molecule has 1 saturated heterocycles. The normalized spacial score (nSPS) is 18.7. The lowest BCUT2D eigenvalue weighted by Gasteiger charge is -2.33. The van der Waals surface area contributed by atoms with Crippen molar-refractivity contribution < 1.29 is 14.7 Å². The van der Waals surface area contributed by atoms with E-state index in [1.165, 1.54) is 4.90 Å². The number of benzene rings is 1. The molecule has 0 aromatic heterocycles. The van der Waals surface area contributed by atoms with Gasteiger partial charge in [-0.2, -0.15) is 0 Å². The van der Waals surface area contributed by atoms with Gasteiger partial charge in [0.1, 0.15) is 6.04 Å². The van der Waals surface area contributed by atoms with Crippen molar-refractivity contribution in [2.24, 2.45) is 0 Å². The van der Waals surface area contributed by atoms with Crippen LogP contribution in [0.2, 0.25) is 0 Å². The summed E-state index contributed by atoms with van der Waals surface area (Å²) >= 11 is 0. The summed E-state index contributed by atoms with van der Waals surface area (Å²) in [6, 6.07) is 6.37. The summed E-state index contributed by atoms with van der Waals surface area (Å²) < 4.78 is 0. The van der Waals surface area contributed by atoms with Gasteiger partial charge < -0.3 is 20.2 Å². The smallest absolute Gasteiger partial charge is 0.327 e. The molecule has 1 aromatic rings. The molecule has 0 spiro atoms. The standard InChI is InChI=1S/C14H19N3O3/c1-16(2)11-5-3-10(4-6-11)13(18)17-8-7-15-9-12(17)14(19)20/h3-6,12,15H,7-9H2,1-2H3,(H,19,20). The lowest BCUT2D eigenvalue weighted by molar-refractivity contribution is -0.142. The summed E-state index contributed by atoms with van der Waals surface area (Å²) in [6.45, 7) is 1.31. The fraction of sp³-hybridized carbons (Fsp3) is 0.429. The molecule has 1 unspecified atom stereocenters. The second-order valence-electron chi connectivity index (χ2n) is 5.00. The largest absolute Gasteiger partial charge is 0.480 e. The third-order valence-corrected chi connectivity index (χ3v) is 3.42. The molecule has 6 heteroatoms. The van der Waals surface area contributed by atoms with Crippen LogP contribution >= 0.6 is 0 Å². The maximum atomic E-state index is 12.4. The van der Waals surface area contributed by atoms with E-state index in [1.54, 1.807) is 12.1 Å². The summed E-state index contributed by atoms with van der Waals surface area (Å²) in [5.41, 5.74) is 1.51. The summed E-state index contributed by atoms with van der Waals surface area (Å²) in [5.74, 6) is -1.21. The monoisotopic (exact) mass is 277 g/mol. The number of hydrogen-bond donors (Lipinski definition) is 2. The van der Waals surface area contributed by atoms with E-state index in [0.29, 0.717) is 18.7 Å². The highest BCUT2D eigenvalue weighted by molar-refractivity contribution is 5.97.